The van der Waals surface area contributed by atoms with Gasteiger partial charge in [-0.05, 0) is 11.1 Å². The molecule has 0 spiro atoms. The van der Waals surface area contributed by atoms with Crippen LogP contribution in [0.25, 0.3) is 0 Å². The quantitative estimate of drug-likeness (QED) is 0.835. The Bertz CT molecular complexity index is 469. The fourth-order valence-corrected chi connectivity index (χ4v) is 1.99. The third-order valence-electron chi connectivity index (χ3n) is 2.84. The highest BCUT2D eigenvalue weighted by atomic mass is 16.5. The maximum absolute atomic E-state index is 12.2. The van der Waals surface area contributed by atoms with Crippen LogP contribution >= 0.6 is 0 Å². The van der Waals surface area contributed by atoms with Crippen LogP contribution in [0.2, 0.25) is 0 Å². The molecule has 2 aromatic carbocycles. The number of aliphatic hydroxyl groups excluding tert-OH is 1. The van der Waals surface area contributed by atoms with Gasteiger partial charge in [0, 0.05) is 0 Å². The molecule has 0 atom stereocenters. The average molecular weight is 256 g/mol. The Morgan fingerprint density at radius 1 is 0.947 bits per heavy atom. The van der Waals surface area contributed by atoms with Crippen LogP contribution in [-0.2, 0) is 9.53 Å². The van der Waals surface area contributed by atoms with E-state index in [1.807, 2.05) is 60.7 Å². The maximum Gasteiger partial charge on any atom is 0.318 e. The summed E-state index contributed by atoms with van der Waals surface area (Å²) in [5, 5.41) is 8.76. The number of hydrogen-bond donors (Lipinski definition) is 1. The molecule has 0 heterocycles. The molecule has 98 valence electrons. The lowest BCUT2D eigenvalue weighted by molar-refractivity contribution is -0.145. The van der Waals surface area contributed by atoms with Crippen molar-refractivity contribution in [2.75, 3.05) is 13.2 Å². The van der Waals surface area contributed by atoms with Crippen LogP contribution in [0.1, 0.15) is 17.0 Å². The highest BCUT2D eigenvalue weighted by Gasteiger charge is 2.23. The van der Waals surface area contributed by atoms with E-state index in [9.17, 15) is 4.79 Å². The van der Waals surface area contributed by atoms with Crippen LogP contribution in [0.3, 0.4) is 0 Å². The zero-order chi connectivity index (χ0) is 13.5. The molecule has 1 N–H and O–H groups in total. The molecule has 0 amide bonds. The first-order chi connectivity index (χ1) is 9.33. The van der Waals surface area contributed by atoms with Crippen LogP contribution in [0.4, 0.5) is 0 Å². The van der Waals surface area contributed by atoms with Gasteiger partial charge in [-0.25, -0.2) is 0 Å². The van der Waals surface area contributed by atoms with Crippen molar-refractivity contribution in [1.82, 2.24) is 0 Å². The number of ether oxygens (including phenoxy) is 1. The van der Waals surface area contributed by atoms with Crippen molar-refractivity contribution >= 4 is 5.97 Å². The standard InChI is InChI=1S/C16H16O3/c17-11-12-19-16(18)15(13-7-3-1-4-8-13)14-9-5-2-6-10-14/h1-10,15,17H,11-12H2. The summed E-state index contributed by atoms with van der Waals surface area (Å²) in [6.45, 7) is -0.142. The van der Waals surface area contributed by atoms with Gasteiger partial charge >= 0.3 is 5.97 Å². The monoisotopic (exact) mass is 256 g/mol. The van der Waals surface area contributed by atoms with Crippen molar-refractivity contribution in [2.24, 2.45) is 0 Å². The second-order valence-corrected chi connectivity index (χ2v) is 4.15. The number of esters is 1. The van der Waals surface area contributed by atoms with Crippen molar-refractivity contribution in [3.05, 3.63) is 71.8 Å². The van der Waals surface area contributed by atoms with Crippen molar-refractivity contribution in [2.45, 2.75) is 5.92 Å². The SMILES string of the molecule is O=C(OCCO)C(c1ccccc1)c1ccccc1. The third-order valence-corrected chi connectivity index (χ3v) is 2.84. The fraction of sp³-hybridized carbons (Fsp3) is 0.188. The van der Waals surface area contributed by atoms with Crippen LogP contribution in [-0.4, -0.2) is 24.3 Å². The fourth-order valence-electron chi connectivity index (χ4n) is 1.99. The highest BCUT2D eigenvalue weighted by molar-refractivity contribution is 5.82. The lowest BCUT2D eigenvalue weighted by atomic mass is 9.91. The number of carbonyl (C=O) groups is 1. The number of benzene rings is 2. The molecule has 0 saturated carbocycles. The number of aliphatic hydroxyl groups is 1. The first kappa shape index (κ1) is 13.3. The van der Waals surface area contributed by atoms with Gasteiger partial charge in [0.1, 0.15) is 12.5 Å². The van der Waals surface area contributed by atoms with Gasteiger partial charge in [0.2, 0.25) is 0 Å². The van der Waals surface area contributed by atoms with Gasteiger partial charge in [0.25, 0.3) is 0 Å². The molecular weight excluding hydrogens is 240 g/mol. The van der Waals surface area contributed by atoms with Crippen LogP contribution in [0.5, 0.6) is 0 Å². The Morgan fingerprint density at radius 3 is 1.84 bits per heavy atom. The minimum atomic E-state index is -0.450. The van der Waals surface area contributed by atoms with Gasteiger partial charge in [-0.2, -0.15) is 0 Å². The Labute approximate surface area is 112 Å². The molecule has 2 aromatic rings. The van der Waals surface area contributed by atoms with E-state index in [1.165, 1.54) is 0 Å². The summed E-state index contributed by atoms with van der Waals surface area (Å²) in [6.07, 6.45) is 0. The lowest BCUT2D eigenvalue weighted by Crippen LogP contribution is -2.18. The molecule has 19 heavy (non-hydrogen) atoms. The summed E-state index contributed by atoms with van der Waals surface area (Å²) >= 11 is 0. The Balaban J connectivity index is 2.31. The van der Waals surface area contributed by atoms with E-state index in [4.69, 9.17) is 9.84 Å². The molecule has 0 aliphatic heterocycles. The normalized spacial score (nSPS) is 10.4. The van der Waals surface area contributed by atoms with Crippen molar-refractivity contribution < 1.29 is 14.6 Å². The van der Waals surface area contributed by atoms with Crippen molar-refractivity contribution in [3.63, 3.8) is 0 Å². The predicted octanol–water partition coefficient (Wildman–Crippen LogP) is 2.35. The molecular formula is C16H16O3. The van der Waals surface area contributed by atoms with E-state index < -0.39 is 5.92 Å². The molecule has 0 aliphatic rings. The van der Waals surface area contributed by atoms with Gasteiger partial charge in [-0.15, -0.1) is 0 Å². The summed E-state index contributed by atoms with van der Waals surface area (Å²) in [4.78, 5) is 12.2. The second kappa shape index (κ2) is 6.71. The number of carbonyl (C=O) groups excluding carboxylic acids is 1. The molecule has 0 saturated heterocycles. The highest BCUT2D eigenvalue weighted by Crippen LogP contribution is 2.25. The maximum atomic E-state index is 12.2. The smallest absolute Gasteiger partial charge is 0.318 e. The van der Waals surface area contributed by atoms with Crippen LogP contribution in [0, 0.1) is 0 Å². The van der Waals surface area contributed by atoms with E-state index in [-0.39, 0.29) is 19.2 Å². The summed E-state index contributed by atoms with van der Waals surface area (Å²) < 4.78 is 5.07. The summed E-state index contributed by atoms with van der Waals surface area (Å²) in [5.74, 6) is -0.791. The van der Waals surface area contributed by atoms with E-state index in [2.05, 4.69) is 0 Å². The average Bonchev–Trinajstić information content (AvgIpc) is 2.47. The topological polar surface area (TPSA) is 46.5 Å². The molecule has 0 aromatic heterocycles. The Kier molecular flexibility index (Phi) is 4.70. The zero-order valence-electron chi connectivity index (χ0n) is 10.5. The van der Waals surface area contributed by atoms with Gasteiger partial charge in [-0.1, -0.05) is 60.7 Å². The van der Waals surface area contributed by atoms with E-state index in [0.29, 0.717) is 0 Å². The summed E-state index contributed by atoms with van der Waals surface area (Å²) in [5.41, 5.74) is 1.77. The molecule has 0 bridgehead atoms. The van der Waals surface area contributed by atoms with Gasteiger partial charge in [0.15, 0.2) is 0 Å². The zero-order valence-corrected chi connectivity index (χ0v) is 10.5. The molecule has 3 heteroatoms. The molecule has 0 aliphatic carbocycles. The first-order valence-corrected chi connectivity index (χ1v) is 6.20. The largest absolute Gasteiger partial charge is 0.463 e. The first-order valence-electron chi connectivity index (χ1n) is 6.20. The second-order valence-electron chi connectivity index (χ2n) is 4.15. The van der Waals surface area contributed by atoms with E-state index in [0.717, 1.165) is 11.1 Å². The molecule has 2 rings (SSSR count). The Morgan fingerprint density at radius 2 is 1.42 bits per heavy atom. The van der Waals surface area contributed by atoms with E-state index >= 15 is 0 Å². The molecule has 0 unspecified atom stereocenters. The summed E-state index contributed by atoms with van der Waals surface area (Å²) in [7, 11) is 0. The van der Waals surface area contributed by atoms with Gasteiger partial charge < -0.3 is 9.84 Å². The minimum Gasteiger partial charge on any atom is -0.463 e. The lowest BCUT2D eigenvalue weighted by Gasteiger charge is -2.16. The molecule has 3 nitrogen and oxygen atoms in total. The van der Waals surface area contributed by atoms with Crippen LogP contribution in [0.15, 0.2) is 60.7 Å². The number of hydrogen-bond acceptors (Lipinski definition) is 3. The van der Waals surface area contributed by atoms with Crippen molar-refractivity contribution in [3.8, 4) is 0 Å². The molecule has 0 fully saturated rings. The van der Waals surface area contributed by atoms with Gasteiger partial charge in [-0.3, -0.25) is 4.79 Å². The van der Waals surface area contributed by atoms with E-state index in [1.54, 1.807) is 0 Å². The third kappa shape index (κ3) is 3.42. The Hall–Kier alpha value is -2.13. The predicted molar refractivity (Wildman–Crippen MR) is 72.8 cm³/mol. The summed E-state index contributed by atoms with van der Waals surface area (Å²) in [6, 6.07) is 19.0. The minimum absolute atomic E-state index is 0.0228. The molecule has 0 radical (unpaired) electrons. The van der Waals surface area contributed by atoms with Gasteiger partial charge in [0.05, 0.1) is 6.61 Å². The number of rotatable bonds is 5. The van der Waals surface area contributed by atoms with Crippen LogP contribution < -0.4 is 0 Å². The van der Waals surface area contributed by atoms with Crippen molar-refractivity contribution in [1.29, 1.82) is 0 Å².